The molecule has 4 amide bonds. The Hall–Kier alpha value is -3.96. The number of carbonyl (C=O) groups is 6. The largest absolute Gasteiger partial charge is 0.460 e. The number of benzene rings is 1. The van der Waals surface area contributed by atoms with Gasteiger partial charge in [-0.15, -0.1) is 0 Å². The highest BCUT2D eigenvalue weighted by atomic mass is 16.6. The van der Waals surface area contributed by atoms with Gasteiger partial charge in [-0.25, -0.2) is 9.59 Å². The molecular weight excluding hydrogens is 616 g/mol. The molecule has 1 aromatic rings. The lowest BCUT2D eigenvalue weighted by atomic mass is 9.83. The lowest BCUT2D eigenvalue weighted by Crippen LogP contribution is -2.60. The van der Waals surface area contributed by atoms with E-state index in [0.29, 0.717) is 18.5 Å². The molecule has 0 aromatic heterocycles. The summed E-state index contributed by atoms with van der Waals surface area (Å²) in [7, 11) is 0. The van der Waals surface area contributed by atoms with Crippen LogP contribution in [0, 0.1) is 23.2 Å². The predicted molar refractivity (Wildman–Crippen MR) is 178 cm³/mol. The summed E-state index contributed by atoms with van der Waals surface area (Å²) in [5.41, 5.74) is -0.556. The number of hydrogen-bond acceptors (Lipinski definition) is 8. The van der Waals surface area contributed by atoms with Crippen molar-refractivity contribution in [3.8, 4) is 0 Å². The van der Waals surface area contributed by atoms with Crippen LogP contribution in [-0.4, -0.2) is 83.9 Å². The van der Waals surface area contributed by atoms with Crippen molar-refractivity contribution in [2.75, 3.05) is 19.7 Å². The number of fused-ring (bicyclic) bond motifs is 1. The molecule has 5 atom stereocenters. The first-order chi connectivity index (χ1) is 22.7. The van der Waals surface area contributed by atoms with Crippen LogP contribution in [0.2, 0.25) is 0 Å². The van der Waals surface area contributed by atoms with E-state index < -0.39 is 53.4 Å². The molecule has 48 heavy (non-hydrogen) atoms. The number of nitrogens with zero attached hydrogens (tertiary/aromatic N) is 1. The van der Waals surface area contributed by atoms with Gasteiger partial charge in [-0.05, 0) is 75.3 Å². The smallest absolute Gasteiger partial charge is 0.408 e. The summed E-state index contributed by atoms with van der Waals surface area (Å²) in [6.45, 7) is 11.4. The van der Waals surface area contributed by atoms with Crippen molar-refractivity contribution in [3.63, 3.8) is 0 Å². The second kappa shape index (κ2) is 15.5. The van der Waals surface area contributed by atoms with Crippen LogP contribution in [0.15, 0.2) is 30.3 Å². The Bertz CT molecular complexity index is 1350. The molecule has 1 heterocycles. The van der Waals surface area contributed by atoms with Gasteiger partial charge in [0.15, 0.2) is 0 Å². The monoisotopic (exact) mass is 668 g/mol. The quantitative estimate of drug-likeness (QED) is 0.163. The van der Waals surface area contributed by atoms with Crippen molar-refractivity contribution in [1.82, 2.24) is 20.9 Å². The molecule has 1 saturated heterocycles. The van der Waals surface area contributed by atoms with Gasteiger partial charge < -0.3 is 30.3 Å². The minimum atomic E-state index is -1.10. The molecule has 0 spiro atoms. The molecule has 0 bridgehead atoms. The van der Waals surface area contributed by atoms with Crippen LogP contribution in [-0.2, 0) is 28.7 Å². The maximum Gasteiger partial charge on any atom is 0.408 e. The van der Waals surface area contributed by atoms with Gasteiger partial charge in [-0.3, -0.25) is 19.2 Å². The number of ketones is 1. The molecule has 3 aliphatic rings. The predicted octanol–water partition coefficient (Wildman–Crippen LogP) is 3.77. The van der Waals surface area contributed by atoms with Crippen LogP contribution in [0.3, 0.4) is 0 Å². The van der Waals surface area contributed by atoms with Crippen molar-refractivity contribution in [2.45, 2.75) is 110 Å². The fourth-order valence-electron chi connectivity index (χ4n) is 7.30. The van der Waals surface area contributed by atoms with E-state index in [0.717, 1.165) is 32.1 Å². The van der Waals surface area contributed by atoms with Gasteiger partial charge in [0, 0.05) is 6.54 Å². The van der Waals surface area contributed by atoms with Gasteiger partial charge in [0.2, 0.25) is 17.6 Å². The second-order valence-electron chi connectivity index (χ2n) is 14.9. The van der Waals surface area contributed by atoms with Crippen LogP contribution in [0.1, 0.15) is 96.8 Å². The summed E-state index contributed by atoms with van der Waals surface area (Å²) >= 11 is 0. The normalized spacial score (nSPS) is 22.8. The van der Waals surface area contributed by atoms with Gasteiger partial charge >= 0.3 is 12.1 Å². The highest BCUT2D eigenvalue weighted by molar-refractivity contribution is 6.38. The van der Waals surface area contributed by atoms with Gasteiger partial charge in [0.25, 0.3) is 5.91 Å². The van der Waals surface area contributed by atoms with Crippen molar-refractivity contribution < 1.29 is 38.2 Å². The van der Waals surface area contributed by atoms with Crippen LogP contribution < -0.4 is 16.0 Å². The highest BCUT2D eigenvalue weighted by Crippen LogP contribution is 2.65. The molecule has 4 rings (SSSR count). The Morgan fingerprint density at radius 1 is 0.979 bits per heavy atom. The van der Waals surface area contributed by atoms with E-state index in [-0.39, 0.29) is 48.6 Å². The number of likely N-dealkylation sites (tertiary alicyclic amines) is 1. The van der Waals surface area contributed by atoms with Crippen LogP contribution >= 0.6 is 0 Å². The summed E-state index contributed by atoms with van der Waals surface area (Å²) < 4.78 is 10.7. The average Bonchev–Trinajstić information content (AvgIpc) is 3.34. The SMILES string of the molecule is CCCC(NC(=O)C1C2C(CN1C(=O)C(NC(=O)OC(C)(C)C)C1CCCCC1)C2(C)C)C(=O)C(=O)NCCOC(=O)c1ccccc1. The first kappa shape index (κ1) is 36.9. The number of piperidine rings is 1. The lowest BCUT2D eigenvalue weighted by molar-refractivity contribution is -0.145. The lowest BCUT2D eigenvalue weighted by Gasteiger charge is -2.37. The van der Waals surface area contributed by atoms with Crippen LogP contribution in [0.4, 0.5) is 4.79 Å². The molecule has 12 nitrogen and oxygen atoms in total. The molecule has 0 radical (unpaired) electrons. The van der Waals surface area contributed by atoms with Crippen molar-refractivity contribution in [2.24, 2.45) is 23.2 Å². The van der Waals surface area contributed by atoms with Crippen LogP contribution in [0.25, 0.3) is 0 Å². The van der Waals surface area contributed by atoms with Gasteiger partial charge in [-0.1, -0.05) is 64.7 Å². The number of esters is 1. The topological polar surface area (TPSA) is 160 Å². The number of nitrogens with one attached hydrogen (secondary N) is 3. The van der Waals surface area contributed by atoms with E-state index in [1.54, 1.807) is 56.0 Å². The second-order valence-corrected chi connectivity index (χ2v) is 14.9. The fraction of sp³-hybridized carbons (Fsp3) is 0.667. The van der Waals surface area contributed by atoms with Crippen molar-refractivity contribution in [3.05, 3.63) is 35.9 Å². The van der Waals surface area contributed by atoms with E-state index >= 15 is 0 Å². The highest BCUT2D eigenvalue weighted by Gasteiger charge is 2.69. The van der Waals surface area contributed by atoms with Gasteiger partial charge in [0.05, 0.1) is 18.2 Å². The number of hydrogen-bond donors (Lipinski definition) is 3. The molecule has 3 fully saturated rings. The van der Waals surface area contributed by atoms with Crippen LogP contribution in [0.5, 0.6) is 0 Å². The number of rotatable bonds is 13. The van der Waals surface area contributed by atoms with E-state index in [1.807, 2.05) is 6.92 Å². The number of carbonyl (C=O) groups excluding carboxylic acids is 6. The Morgan fingerprint density at radius 2 is 1.65 bits per heavy atom. The third-order valence-corrected chi connectivity index (χ3v) is 9.88. The third-order valence-electron chi connectivity index (χ3n) is 9.88. The van der Waals surface area contributed by atoms with E-state index in [9.17, 15) is 28.8 Å². The number of alkyl carbamates (subject to hydrolysis) is 1. The Kier molecular flexibility index (Phi) is 11.9. The maximum absolute atomic E-state index is 14.3. The summed E-state index contributed by atoms with van der Waals surface area (Å²) in [5.74, 6) is -3.18. The molecule has 12 heteroatoms. The number of ether oxygens (including phenoxy) is 2. The first-order valence-electron chi connectivity index (χ1n) is 17.3. The molecule has 1 aromatic carbocycles. The first-order valence-corrected chi connectivity index (χ1v) is 17.3. The minimum Gasteiger partial charge on any atom is -0.460 e. The van der Waals surface area contributed by atoms with Gasteiger partial charge in [0.1, 0.15) is 24.3 Å². The summed E-state index contributed by atoms with van der Waals surface area (Å²) in [6, 6.07) is 5.63. The average molecular weight is 669 g/mol. The fourth-order valence-corrected chi connectivity index (χ4v) is 7.30. The zero-order valence-electron chi connectivity index (χ0n) is 29.1. The summed E-state index contributed by atoms with van der Waals surface area (Å²) in [4.78, 5) is 81.0. The van der Waals surface area contributed by atoms with E-state index in [2.05, 4.69) is 29.8 Å². The molecule has 3 N–H and O–H groups in total. The molecular formula is C36H52N4O8. The zero-order valence-corrected chi connectivity index (χ0v) is 29.1. The Balaban J connectivity index is 1.43. The maximum atomic E-state index is 14.3. The minimum absolute atomic E-state index is 0.0774. The van der Waals surface area contributed by atoms with Gasteiger partial charge in [-0.2, -0.15) is 0 Å². The van der Waals surface area contributed by atoms with Crippen molar-refractivity contribution >= 4 is 35.6 Å². The molecule has 264 valence electrons. The van der Waals surface area contributed by atoms with E-state index in [4.69, 9.17) is 9.47 Å². The zero-order chi connectivity index (χ0) is 35.2. The third kappa shape index (κ3) is 8.93. The number of amides is 4. The molecule has 5 unspecified atom stereocenters. The molecule has 1 aliphatic heterocycles. The standard InChI is InChI=1S/C36H52N4O8/c1-7-14-25(29(41)31(43)37-19-20-47-33(45)23-17-12-9-13-18-23)38-30(42)28-26-24(36(26,5)6)21-40(28)32(44)27(22-15-10-8-11-16-22)39-34(46)48-35(2,3)4/h9,12-13,17-18,22,24-28H,7-8,10-11,14-16,19-21H2,1-6H3,(H,37,43)(H,38,42)(H,39,46). The summed E-state index contributed by atoms with van der Waals surface area (Å²) in [5, 5.41) is 8.12. The summed E-state index contributed by atoms with van der Waals surface area (Å²) in [6.07, 6.45) is 4.60. The number of Topliss-reactive ketones (excluding diaryl/α,β-unsaturated/α-hetero) is 1. The van der Waals surface area contributed by atoms with E-state index in [1.165, 1.54) is 0 Å². The van der Waals surface area contributed by atoms with Crippen molar-refractivity contribution in [1.29, 1.82) is 0 Å². The molecule has 2 aliphatic carbocycles. The Labute approximate surface area is 283 Å². The molecule has 2 saturated carbocycles. The Morgan fingerprint density at radius 3 is 2.27 bits per heavy atom.